The summed E-state index contributed by atoms with van der Waals surface area (Å²) < 4.78 is 2.79. The van der Waals surface area contributed by atoms with Crippen molar-refractivity contribution in [3.8, 4) is 0 Å². The Kier molecular flexibility index (Phi) is 3.96. The van der Waals surface area contributed by atoms with Crippen LogP contribution in [0.5, 0.6) is 0 Å². The quantitative estimate of drug-likeness (QED) is 0.628. The zero-order chi connectivity index (χ0) is 13.4. The fraction of sp³-hybridized carbons (Fsp3) is 0.143. The van der Waals surface area contributed by atoms with Gasteiger partial charge in [0.1, 0.15) is 4.34 Å². The second-order valence-corrected chi connectivity index (χ2v) is 7.70. The van der Waals surface area contributed by atoms with E-state index >= 15 is 0 Å². The van der Waals surface area contributed by atoms with E-state index in [1.54, 1.807) is 11.3 Å². The van der Waals surface area contributed by atoms with Crippen molar-refractivity contribution in [2.75, 3.05) is 0 Å². The number of aliphatic hydroxyl groups excluding tert-OH is 1. The molecule has 98 valence electrons. The third-order valence-corrected chi connectivity index (χ3v) is 6.56. The summed E-state index contributed by atoms with van der Waals surface area (Å²) in [5, 5.41) is 13.7. The van der Waals surface area contributed by atoms with Crippen LogP contribution in [0.25, 0.3) is 10.1 Å². The highest BCUT2D eigenvalue weighted by molar-refractivity contribution is 9.10. The number of benzene rings is 1. The minimum Gasteiger partial charge on any atom is -0.387 e. The molecule has 3 aromatic rings. The lowest BCUT2D eigenvalue weighted by Crippen LogP contribution is -1.98. The summed E-state index contributed by atoms with van der Waals surface area (Å²) >= 11 is 12.5. The monoisotopic (exact) mass is 372 g/mol. The predicted molar refractivity (Wildman–Crippen MR) is 87.5 cm³/mol. The van der Waals surface area contributed by atoms with Crippen molar-refractivity contribution in [3.05, 3.63) is 55.0 Å². The summed E-state index contributed by atoms with van der Waals surface area (Å²) in [6.07, 6.45) is 0.111. The van der Waals surface area contributed by atoms with Crippen LogP contribution in [0.15, 0.2) is 40.2 Å². The van der Waals surface area contributed by atoms with E-state index in [-0.39, 0.29) is 0 Å². The molecule has 1 aromatic carbocycles. The van der Waals surface area contributed by atoms with Crippen LogP contribution < -0.4 is 0 Å². The minimum atomic E-state index is -0.508. The molecule has 0 spiro atoms. The molecule has 1 atom stereocenters. The Labute approximate surface area is 132 Å². The summed E-state index contributed by atoms with van der Waals surface area (Å²) in [4.78, 5) is 0.896. The number of hydrogen-bond acceptors (Lipinski definition) is 3. The molecule has 2 heterocycles. The second-order valence-electron chi connectivity index (χ2n) is 4.25. The Balaban J connectivity index is 1.88. The van der Waals surface area contributed by atoms with Crippen LogP contribution in [-0.2, 0) is 6.42 Å². The van der Waals surface area contributed by atoms with Crippen LogP contribution in [0.3, 0.4) is 0 Å². The first-order chi connectivity index (χ1) is 9.15. The molecule has 1 nitrogen and oxygen atoms in total. The van der Waals surface area contributed by atoms with E-state index in [9.17, 15) is 5.11 Å². The van der Waals surface area contributed by atoms with Crippen molar-refractivity contribution in [1.29, 1.82) is 0 Å². The van der Waals surface area contributed by atoms with Crippen LogP contribution in [0.1, 0.15) is 16.5 Å². The van der Waals surface area contributed by atoms with Crippen molar-refractivity contribution in [3.63, 3.8) is 0 Å². The van der Waals surface area contributed by atoms with E-state index in [1.807, 2.05) is 18.2 Å². The molecule has 0 amide bonds. The van der Waals surface area contributed by atoms with E-state index < -0.39 is 6.10 Å². The minimum absolute atomic E-state index is 0.508. The summed E-state index contributed by atoms with van der Waals surface area (Å²) in [6.45, 7) is 0. The summed E-state index contributed by atoms with van der Waals surface area (Å²) in [5.74, 6) is 0. The first kappa shape index (κ1) is 13.6. The lowest BCUT2D eigenvalue weighted by molar-refractivity contribution is 0.183. The first-order valence-corrected chi connectivity index (χ1v) is 8.60. The van der Waals surface area contributed by atoms with Crippen LogP contribution in [0.4, 0.5) is 0 Å². The number of thiophene rings is 2. The van der Waals surface area contributed by atoms with E-state index in [4.69, 9.17) is 11.6 Å². The molecular formula is C14H10BrClOS2. The Morgan fingerprint density at radius 2 is 2.11 bits per heavy atom. The van der Waals surface area contributed by atoms with Gasteiger partial charge in [-0.3, -0.25) is 0 Å². The Hall–Kier alpha value is -0.390. The van der Waals surface area contributed by atoms with Gasteiger partial charge in [0.2, 0.25) is 0 Å². The molecule has 0 saturated heterocycles. The van der Waals surface area contributed by atoms with Gasteiger partial charge in [0, 0.05) is 20.5 Å². The number of rotatable bonds is 3. The van der Waals surface area contributed by atoms with Crippen LogP contribution >= 0.6 is 50.2 Å². The largest absolute Gasteiger partial charge is 0.387 e. The Bertz CT molecular complexity index is 700. The Morgan fingerprint density at radius 1 is 1.32 bits per heavy atom. The molecule has 0 saturated carbocycles. The van der Waals surface area contributed by atoms with Gasteiger partial charge in [0.15, 0.2) is 0 Å². The van der Waals surface area contributed by atoms with Gasteiger partial charge in [-0.2, -0.15) is 0 Å². The molecule has 0 aliphatic rings. The molecule has 1 unspecified atom stereocenters. The lowest BCUT2D eigenvalue weighted by Gasteiger charge is -2.07. The Morgan fingerprint density at radius 3 is 2.84 bits per heavy atom. The van der Waals surface area contributed by atoms with Gasteiger partial charge in [-0.25, -0.2) is 0 Å². The average molecular weight is 374 g/mol. The van der Waals surface area contributed by atoms with Crippen molar-refractivity contribution in [2.45, 2.75) is 12.5 Å². The average Bonchev–Trinajstić information content (AvgIpc) is 2.95. The molecule has 5 heteroatoms. The molecule has 3 rings (SSSR count). The second kappa shape index (κ2) is 5.54. The highest BCUT2D eigenvalue weighted by Crippen LogP contribution is 2.37. The maximum atomic E-state index is 10.3. The maximum absolute atomic E-state index is 10.3. The van der Waals surface area contributed by atoms with E-state index in [0.29, 0.717) is 10.8 Å². The molecule has 0 fully saturated rings. The van der Waals surface area contributed by atoms with Crippen molar-refractivity contribution < 1.29 is 5.11 Å². The maximum Gasteiger partial charge on any atom is 0.107 e. The fourth-order valence-corrected chi connectivity index (χ4v) is 4.73. The van der Waals surface area contributed by atoms with Gasteiger partial charge >= 0.3 is 0 Å². The molecule has 0 radical (unpaired) electrons. The highest BCUT2D eigenvalue weighted by atomic mass is 79.9. The predicted octanol–water partition coefficient (Wildman–Crippen LogP) is 5.65. The summed E-state index contributed by atoms with van der Waals surface area (Å²) in [7, 11) is 0. The van der Waals surface area contributed by atoms with Crippen LogP contribution in [0.2, 0.25) is 4.34 Å². The molecule has 0 bridgehead atoms. The van der Waals surface area contributed by atoms with Crippen molar-refractivity contribution in [1.82, 2.24) is 0 Å². The third kappa shape index (κ3) is 2.73. The zero-order valence-electron chi connectivity index (χ0n) is 9.77. The van der Waals surface area contributed by atoms with Gasteiger partial charge in [-0.15, -0.1) is 22.7 Å². The topological polar surface area (TPSA) is 20.2 Å². The van der Waals surface area contributed by atoms with Gasteiger partial charge in [-0.05, 0) is 44.4 Å². The lowest BCUT2D eigenvalue weighted by atomic mass is 10.1. The summed E-state index contributed by atoms with van der Waals surface area (Å²) in [5.41, 5.74) is 1.19. The molecule has 2 aromatic heterocycles. The SMILES string of the molecule is OC(Cc1csc2ccccc12)c1cc(Br)c(Cl)s1. The van der Waals surface area contributed by atoms with Crippen LogP contribution in [0, 0.1) is 0 Å². The first-order valence-electron chi connectivity index (χ1n) is 5.73. The fourth-order valence-electron chi connectivity index (χ4n) is 2.03. The molecule has 0 aliphatic heterocycles. The molecule has 1 N–H and O–H groups in total. The van der Waals surface area contributed by atoms with Gasteiger partial charge in [0.25, 0.3) is 0 Å². The normalized spacial score (nSPS) is 13.0. The third-order valence-electron chi connectivity index (χ3n) is 2.97. The molecule has 0 aliphatic carbocycles. The molecule has 19 heavy (non-hydrogen) atoms. The van der Waals surface area contributed by atoms with Crippen molar-refractivity contribution >= 4 is 60.3 Å². The molecular weight excluding hydrogens is 364 g/mol. The van der Waals surface area contributed by atoms with Gasteiger partial charge in [0.05, 0.1) is 6.10 Å². The standard InChI is InChI=1S/C14H10BrClOS2/c15-10-6-13(19-14(10)16)11(17)5-8-7-18-12-4-2-1-3-9(8)12/h1-4,6-7,11,17H,5H2. The van der Waals surface area contributed by atoms with E-state index in [0.717, 1.165) is 9.35 Å². The number of fused-ring (bicyclic) bond motifs is 1. The van der Waals surface area contributed by atoms with Gasteiger partial charge < -0.3 is 5.11 Å². The highest BCUT2D eigenvalue weighted by Gasteiger charge is 2.15. The van der Waals surface area contributed by atoms with Crippen molar-refractivity contribution in [2.24, 2.45) is 0 Å². The number of hydrogen-bond donors (Lipinski definition) is 1. The number of aliphatic hydroxyl groups is 1. The van der Waals surface area contributed by atoms with Crippen LogP contribution in [-0.4, -0.2) is 5.11 Å². The number of halogens is 2. The van der Waals surface area contributed by atoms with E-state index in [1.165, 1.54) is 27.0 Å². The smallest absolute Gasteiger partial charge is 0.107 e. The van der Waals surface area contributed by atoms with E-state index in [2.05, 4.69) is 33.4 Å². The van der Waals surface area contributed by atoms with Gasteiger partial charge in [-0.1, -0.05) is 29.8 Å². The summed E-state index contributed by atoms with van der Waals surface area (Å²) in [6, 6.07) is 10.2. The zero-order valence-corrected chi connectivity index (χ0v) is 13.7.